The fourth-order valence-electron chi connectivity index (χ4n) is 2.79. The Bertz CT molecular complexity index is 517. The molecule has 1 unspecified atom stereocenters. The molecule has 3 rings (SSSR count). The molecule has 0 saturated carbocycles. The number of aromatic nitrogens is 1. The van der Waals surface area contributed by atoms with Crippen LogP contribution in [0.3, 0.4) is 0 Å². The van der Waals surface area contributed by atoms with Crippen molar-refractivity contribution < 1.29 is 9.47 Å². The van der Waals surface area contributed by atoms with Crippen LogP contribution in [0.15, 0.2) is 0 Å². The van der Waals surface area contributed by atoms with E-state index in [2.05, 4.69) is 15.3 Å². The number of hydrogen-bond donors (Lipinski definition) is 0. The summed E-state index contributed by atoms with van der Waals surface area (Å²) in [5.74, 6) is 0.563. The van der Waals surface area contributed by atoms with Crippen molar-refractivity contribution in [2.24, 2.45) is 5.92 Å². The Hall–Kier alpha value is -0.870. The predicted molar refractivity (Wildman–Crippen MR) is 82.0 cm³/mol. The van der Waals surface area contributed by atoms with Crippen molar-refractivity contribution in [2.75, 3.05) is 37.8 Å². The van der Waals surface area contributed by atoms with E-state index in [1.54, 1.807) is 0 Å². The van der Waals surface area contributed by atoms with Gasteiger partial charge in [0.1, 0.15) is 16.6 Å². The smallest absolute Gasteiger partial charge is 0.162 e. The zero-order valence-corrected chi connectivity index (χ0v) is 13.3. The third-order valence-electron chi connectivity index (χ3n) is 4.07. The van der Waals surface area contributed by atoms with Gasteiger partial charge in [-0.25, -0.2) is 0 Å². The van der Waals surface area contributed by atoms with Crippen LogP contribution in [0, 0.1) is 17.2 Å². The summed E-state index contributed by atoms with van der Waals surface area (Å²) in [6.45, 7) is 4.29. The van der Waals surface area contributed by atoms with Crippen LogP contribution >= 0.6 is 23.1 Å². The molecule has 0 N–H and O–H groups in total. The predicted octanol–water partition coefficient (Wildman–Crippen LogP) is 2.69. The summed E-state index contributed by atoms with van der Waals surface area (Å²) in [6.07, 6.45) is 3.39. The summed E-state index contributed by atoms with van der Waals surface area (Å²) < 4.78 is 15.4. The Morgan fingerprint density at radius 3 is 2.90 bits per heavy atom. The van der Waals surface area contributed by atoms with Gasteiger partial charge in [0.2, 0.25) is 0 Å². The highest BCUT2D eigenvalue weighted by Crippen LogP contribution is 2.33. The Labute approximate surface area is 133 Å². The molecule has 2 aliphatic rings. The number of ether oxygens (including phenoxy) is 2. The Morgan fingerprint density at radius 1 is 1.43 bits per heavy atom. The Morgan fingerprint density at radius 2 is 2.24 bits per heavy atom. The molecule has 114 valence electrons. The van der Waals surface area contributed by atoms with Crippen LogP contribution in [0.5, 0.6) is 0 Å². The van der Waals surface area contributed by atoms with Crippen molar-refractivity contribution in [3.8, 4) is 6.07 Å². The van der Waals surface area contributed by atoms with Gasteiger partial charge in [0, 0.05) is 25.6 Å². The van der Waals surface area contributed by atoms with Crippen LogP contribution in [0.1, 0.15) is 24.8 Å². The quantitative estimate of drug-likeness (QED) is 0.851. The normalized spacial score (nSPS) is 23.4. The maximum absolute atomic E-state index is 9.15. The first-order chi connectivity index (χ1) is 10.3. The highest BCUT2D eigenvalue weighted by molar-refractivity contribution is 7.10. The van der Waals surface area contributed by atoms with Gasteiger partial charge in [-0.3, -0.25) is 0 Å². The van der Waals surface area contributed by atoms with Crippen LogP contribution in [0.25, 0.3) is 0 Å². The monoisotopic (exact) mass is 327 g/mol. The molecule has 2 saturated heterocycles. The second-order valence-electron chi connectivity index (χ2n) is 5.51. The standard InChI is InChI=1S/C14H18ClN3O2S/c15-13-12(7-16)14(21-17-13)18-4-1-11(2-5-18)20-9-10-3-6-19-8-10/h10-11H,1-6,8-9H2. The zero-order valence-electron chi connectivity index (χ0n) is 11.8. The molecule has 2 fully saturated rings. The van der Waals surface area contributed by atoms with Gasteiger partial charge >= 0.3 is 0 Å². The molecule has 1 atom stereocenters. The third kappa shape index (κ3) is 3.49. The van der Waals surface area contributed by atoms with Gasteiger partial charge in [0.05, 0.1) is 19.3 Å². The third-order valence-corrected chi connectivity index (χ3v) is 5.35. The van der Waals surface area contributed by atoms with Gasteiger partial charge < -0.3 is 14.4 Å². The highest BCUT2D eigenvalue weighted by atomic mass is 35.5. The summed E-state index contributed by atoms with van der Waals surface area (Å²) in [7, 11) is 0. The number of piperidine rings is 1. The summed E-state index contributed by atoms with van der Waals surface area (Å²) in [5, 5.41) is 10.4. The molecule has 0 amide bonds. The van der Waals surface area contributed by atoms with E-state index in [9.17, 15) is 0 Å². The number of rotatable bonds is 4. The number of nitriles is 1. The SMILES string of the molecule is N#Cc1c(Cl)nsc1N1CCC(OCC2CCOC2)CC1. The molecule has 0 bridgehead atoms. The molecule has 2 aliphatic heterocycles. The Balaban J connectivity index is 1.49. The maximum Gasteiger partial charge on any atom is 0.162 e. The Kier molecular flexibility index (Phi) is 4.96. The molecule has 0 spiro atoms. The maximum atomic E-state index is 9.15. The van der Waals surface area contributed by atoms with Gasteiger partial charge in [-0.2, -0.15) is 9.64 Å². The molecule has 5 nitrogen and oxygen atoms in total. The number of halogens is 1. The van der Waals surface area contributed by atoms with Crippen molar-refractivity contribution >= 4 is 28.1 Å². The minimum absolute atomic E-state index is 0.316. The average Bonchev–Trinajstić information content (AvgIpc) is 3.15. The number of nitrogens with zero attached hydrogens (tertiary/aromatic N) is 3. The first kappa shape index (κ1) is 15.0. The topological polar surface area (TPSA) is 58.4 Å². The lowest BCUT2D eigenvalue weighted by Crippen LogP contribution is -2.37. The first-order valence-electron chi connectivity index (χ1n) is 7.27. The molecule has 1 aromatic heterocycles. The minimum atomic E-state index is 0.316. The van der Waals surface area contributed by atoms with Gasteiger partial charge in [0.25, 0.3) is 0 Å². The van der Waals surface area contributed by atoms with Crippen molar-refractivity contribution in [1.29, 1.82) is 5.26 Å². The molecule has 21 heavy (non-hydrogen) atoms. The van der Waals surface area contributed by atoms with E-state index >= 15 is 0 Å². The van der Waals surface area contributed by atoms with Gasteiger partial charge in [-0.1, -0.05) is 11.6 Å². The lowest BCUT2D eigenvalue weighted by Gasteiger charge is -2.32. The largest absolute Gasteiger partial charge is 0.381 e. The van der Waals surface area contributed by atoms with Gasteiger partial charge in [-0.05, 0) is 30.8 Å². The molecule has 0 aliphatic carbocycles. The van der Waals surface area contributed by atoms with E-state index in [1.165, 1.54) is 11.5 Å². The van der Waals surface area contributed by atoms with E-state index in [4.69, 9.17) is 26.3 Å². The van der Waals surface area contributed by atoms with E-state index in [-0.39, 0.29) is 0 Å². The lowest BCUT2D eigenvalue weighted by molar-refractivity contribution is 0.0132. The minimum Gasteiger partial charge on any atom is -0.381 e. The zero-order chi connectivity index (χ0) is 14.7. The molecular formula is C14H18ClN3O2S. The summed E-state index contributed by atoms with van der Waals surface area (Å²) in [5.41, 5.74) is 0.504. The summed E-state index contributed by atoms with van der Waals surface area (Å²) in [6, 6.07) is 2.14. The van der Waals surface area contributed by atoms with Crippen molar-refractivity contribution in [3.05, 3.63) is 10.7 Å². The van der Waals surface area contributed by atoms with Crippen molar-refractivity contribution in [1.82, 2.24) is 4.37 Å². The summed E-state index contributed by atoms with van der Waals surface area (Å²) in [4.78, 5) is 2.20. The van der Waals surface area contributed by atoms with Crippen molar-refractivity contribution in [3.63, 3.8) is 0 Å². The molecular weight excluding hydrogens is 310 g/mol. The molecule has 0 radical (unpaired) electrons. The van der Waals surface area contributed by atoms with Crippen molar-refractivity contribution in [2.45, 2.75) is 25.4 Å². The van der Waals surface area contributed by atoms with E-state index < -0.39 is 0 Å². The molecule has 7 heteroatoms. The summed E-state index contributed by atoms with van der Waals surface area (Å²) >= 11 is 7.24. The van der Waals surface area contributed by atoms with Gasteiger partial charge in [0.15, 0.2) is 5.15 Å². The molecule has 1 aromatic rings. The fraction of sp³-hybridized carbons (Fsp3) is 0.714. The first-order valence-corrected chi connectivity index (χ1v) is 8.42. The second-order valence-corrected chi connectivity index (χ2v) is 6.62. The number of hydrogen-bond acceptors (Lipinski definition) is 6. The lowest BCUT2D eigenvalue weighted by atomic mass is 10.1. The van der Waals surface area contributed by atoms with E-state index in [0.717, 1.165) is 57.2 Å². The highest BCUT2D eigenvalue weighted by Gasteiger charge is 2.25. The molecule has 3 heterocycles. The van der Waals surface area contributed by atoms with Crippen LogP contribution in [0.2, 0.25) is 5.15 Å². The fourth-order valence-corrected chi connectivity index (χ4v) is 3.87. The van der Waals surface area contributed by atoms with Crippen LogP contribution in [-0.2, 0) is 9.47 Å². The van der Waals surface area contributed by atoms with Gasteiger partial charge in [-0.15, -0.1) is 0 Å². The van der Waals surface area contributed by atoms with E-state index in [0.29, 0.717) is 22.7 Å². The van der Waals surface area contributed by atoms with E-state index in [1.807, 2.05) is 0 Å². The second kappa shape index (κ2) is 6.93. The van der Waals surface area contributed by atoms with Crippen LogP contribution in [0.4, 0.5) is 5.00 Å². The molecule has 0 aromatic carbocycles. The van der Waals surface area contributed by atoms with Crippen LogP contribution in [-0.4, -0.2) is 43.4 Å². The van der Waals surface area contributed by atoms with Crippen LogP contribution < -0.4 is 4.90 Å². The number of anilines is 1. The average molecular weight is 328 g/mol.